The Balaban J connectivity index is 0.000000273. The lowest BCUT2D eigenvalue weighted by Crippen LogP contribution is -2.54. The molecule has 6 heterocycles. The summed E-state index contributed by atoms with van der Waals surface area (Å²) in [7, 11) is 0. The van der Waals surface area contributed by atoms with Gasteiger partial charge < -0.3 is 34.4 Å². The van der Waals surface area contributed by atoms with Gasteiger partial charge >= 0.3 is 36.9 Å². The van der Waals surface area contributed by atoms with Crippen LogP contribution in [0, 0.1) is 0 Å². The number of likely N-dealkylation sites (tertiary alicyclic amines) is 4. The monoisotopic (exact) mass is 1210 g/mol. The van der Waals surface area contributed by atoms with Crippen molar-refractivity contribution in [1.29, 1.82) is 0 Å². The van der Waals surface area contributed by atoms with Crippen LogP contribution < -0.4 is 15.1 Å². The maximum absolute atomic E-state index is 12.8. The molecule has 2 aromatic carbocycles. The van der Waals surface area contributed by atoms with Crippen molar-refractivity contribution < 1.29 is 80.5 Å². The number of halogens is 16. The number of nitrogens with one attached hydrogen (secondary N) is 1. The van der Waals surface area contributed by atoms with Crippen LogP contribution in [0.1, 0.15) is 83.3 Å². The van der Waals surface area contributed by atoms with Crippen LogP contribution in [0.2, 0.25) is 10.0 Å². The van der Waals surface area contributed by atoms with Crippen molar-refractivity contribution in [2.45, 2.75) is 133 Å². The minimum Gasteiger partial charge on any atom is -0.426 e. The Morgan fingerprint density at radius 2 is 0.912 bits per heavy atom. The van der Waals surface area contributed by atoms with Crippen LogP contribution in [0.5, 0.6) is 0 Å². The Morgan fingerprint density at radius 3 is 1.25 bits per heavy atom. The quantitative estimate of drug-likeness (QED) is 0.220. The summed E-state index contributed by atoms with van der Waals surface area (Å²) in [6.45, 7) is 10.9. The van der Waals surface area contributed by atoms with Gasteiger partial charge in [-0.3, -0.25) is 19.1 Å². The second-order valence-corrected chi connectivity index (χ2v) is 21.5. The normalized spacial score (nSPS) is 20.4. The molecule has 6 aliphatic rings. The number of hydrogen-bond acceptors (Lipinski definition) is 10. The molecule has 6 aliphatic heterocycles. The maximum atomic E-state index is 12.8. The summed E-state index contributed by atoms with van der Waals surface area (Å²) in [5, 5.41) is 4.57. The van der Waals surface area contributed by atoms with Crippen molar-refractivity contribution in [2.75, 3.05) is 121 Å². The van der Waals surface area contributed by atoms with E-state index in [1.54, 1.807) is 6.92 Å². The molecule has 0 unspecified atom stereocenters. The summed E-state index contributed by atoms with van der Waals surface area (Å²) in [4.78, 5) is 37.5. The molecule has 0 atom stereocenters. The third-order valence-corrected chi connectivity index (χ3v) is 16.1. The molecular formula is C52H72Cl2F14N8O4. The van der Waals surface area contributed by atoms with Crippen LogP contribution >= 0.6 is 23.2 Å². The molecule has 1 N–H and O–H groups in total. The number of piperidine rings is 2. The van der Waals surface area contributed by atoms with Gasteiger partial charge in [-0.25, -0.2) is 14.0 Å². The Bertz CT molecular complexity index is 2240. The number of piperazine rings is 2. The lowest BCUT2D eigenvalue weighted by atomic mass is 9.84. The van der Waals surface area contributed by atoms with E-state index in [9.17, 15) is 71.1 Å². The highest BCUT2D eigenvalue weighted by atomic mass is 35.5. The number of carbonyl (C=O) groups excluding carboxylic acids is 2. The largest absolute Gasteiger partial charge is 0.434 e. The van der Waals surface area contributed by atoms with E-state index in [0.717, 1.165) is 123 Å². The van der Waals surface area contributed by atoms with Gasteiger partial charge in [0.1, 0.15) is 6.67 Å². The summed E-state index contributed by atoms with van der Waals surface area (Å²) >= 11 is 12.6. The predicted molar refractivity (Wildman–Crippen MR) is 277 cm³/mol. The first-order chi connectivity index (χ1) is 37.1. The van der Waals surface area contributed by atoms with Crippen LogP contribution in [-0.2, 0) is 22.6 Å². The Labute approximate surface area is 467 Å². The molecule has 2 aromatic rings. The van der Waals surface area contributed by atoms with Gasteiger partial charge in [0.15, 0.2) is 0 Å². The van der Waals surface area contributed by atoms with E-state index in [4.69, 9.17) is 23.2 Å². The van der Waals surface area contributed by atoms with Crippen LogP contribution in [0.4, 0.5) is 82.4 Å². The minimum atomic E-state index is -5.75. The summed E-state index contributed by atoms with van der Waals surface area (Å²) in [6, 6.07) is 11.5. The van der Waals surface area contributed by atoms with Gasteiger partial charge in [0.05, 0.1) is 6.67 Å². The smallest absolute Gasteiger partial charge is 0.426 e. The fourth-order valence-electron chi connectivity index (χ4n) is 11.4. The molecule has 0 radical (unpaired) electrons. The highest BCUT2D eigenvalue weighted by Gasteiger charge is 2.62. The number of hydrogen-bond donors (Lipinski definition) is 1. The second kappa shape index (κ2) is 28.5. The lowest BCUT2D eigenvalue weighted by molar-refractivity contribution is -0.309. The number of benzene rings is 2. The molecule has 80 heavy (non-hydrogen) atoms. The van der Waals surface area contributed by atoms with E-state index >= 15 is 0 Å². The second-order valence-electron chi connectivity index (χ2n) is 20.7. The number of amides is 2. The SMILES string of the molecule is C.CCCF.O=C(OC(C(F)(F)F)C(F)(F)F)N1CCC2(CCCN2Cc2ccc(Cl)cc2N2CCN(CCF)CC2)CC1.O=C(OC(C(F)(F)F)C(F)(F)F)N1CCC2(CCCN2Cc2ccc(Cl)cc2N2CCNCC2)CC1. The minimum absolute atomic E-state index is 0. The molecule has 0 saturated carbocycles. The van der Waals surface area contributed by atoms with Crippen LogP contribution in [0.3, 0.4) is 0 Å². The average Bonchev–Trinajstić information content (AvgIpc) is 3.99. The molecule has 6 saturated heterocycles. The number of rotatable bonds is 11. The van der Waals surface area contributed by atoms with Gasteiger partial charge in [0.25, 0.3) is 12.2 Å². The van der Waals surface area contributed by atoms with E-state index in [1.807, 2.05) is 36.4 Å². The number of ether oxygens (including phenoxy) is 2. The van der Waals surface area contributed by atoms with Gasteiger partial charge in [0.2, 0.25) is 0 Å². The first-order valence-electron chi connectivity index (χ1n) is 26.4. The highest BCUT2D eigenvalue weighted by Crippen LogP contribution is 2.44. The summed E-state index contributed by atoms with van der Waals surface area (Å²) in [5.41, 5.74) is 3.64. The average molecular weight is 1210 g/mol. The molecule has 0 aromatic heterocycles. The number of nitrogens with zero attached hydrogens (tertiary/aromatic N) is 7. The topological polar surface area (TPSA) is 87.3 Å². The van der Waals surface area contributed by atoms with Gasteiger partial charge in [-0.1, -0.05) is 49.7 Å². The molecule has 0 bridgehead atoms. The van der Waals surface area contributed by atoms with Gasteiger partial charge in [0, 0.05) is 131 Å². The summed E-state index contributed by atoms with van der Waals surface area (Å²) < 4.78 is 185. The van der Waals surface area contributed by atoms with Gasteiger partial charge in [-0.05, 0) is 106 Å². The maximum Gasteiger partial charge on any atom is 0.434 e. The first-order valence-corrected chi connectivity index (χ1v) is 27.2. The van der Waals surface area contributed by atoms with Crippen LogP contribution in [0.25, 0.3) is 0 Å². The molecule has 2 amide bonds. The fraction of sp³-hybridized carbons (Fsp3) is 0.731. The van der Waals surface area contributed by atoms with E-state index < -0.39 is 49.1 Å². The number of carbonyl (C=O) groups is 2. The van der Waals surface area contributed by atoms with Crippen molar-refractivity contribution in [1.82, 2.24) is 29.8 Å². The third-order valence-electron chi connectivity index (χ3n) is 15.6. The van der Waals surface area contributed by atoms with Gasteiger partial charge in [-0.2, -0.15) is 52.7 Å². The third kappa shape index (κ3) is 17.5. The van der Waals surface area contributed by atoms with Crippen molar-refractivity contribution in [3.8, 4) is 0 Å². The Kier molecular flexibility index (Phi) is 23.8. The van der Waals surface area contributed by atoms with Crippen molar-refractivity contribution >= 4 is 46.8 Å². The zero-order chi connectivity index (χ0) is 58.0. The van der Waals surface area contributed by atoms with E-state index in [1.165, 1.54) is 0 Å². The van der Waals surface area contributed by atoms with Crippen molar-refractivity contribution in [3.05, 3.63) is 57.6 Å². The van der Waals surface area contributed by atoms with Crippen molar-refractivity contribution in [2.24, 2.45) is 0 Å². The molecule has 6 fully saturated rings. The standard InChI is InChI=1S/C25H32ClF7N4O2.C23H29ClF6N4O2.C3H7F.CH4/c26-19-3-2-18(20(16-19)35-14-12-34(11-7-27)13-15-35)17-37-8-1-4-23(37)5-9-36(10-6-23)22(38)39-21(24(28,29)30)25(31,32)33;24-17-3-2-16(18(14-17)32-12-7-31-8-13-32)15-34-9-1-4-21(34)5-10-33(11-6-21)20(35)36-19(22(25,26)27)23(28,29)30;1-2-3-4;/h2-3,16,21H,1,4-15,17H2;2-3,14,19,31H,1,4-13,15H2;2-3H2,1H3;1H4. The first kappa shape index (κ1) is 66.8. The lowest BCUT2D eigenvalue weighted by Gasteiger charge is -2.45. The number of alkyl halides is 14. The van der Waals surface area contributed by atoms with Gasteiger partial charge in [-0.15, -0.1) is 0 Å². The molecule has 0 aliphatic carbocycles. The number of anilines is 2. The predicted octanol–water partition coefficient (Wildman–Crippen LogP) is 12.3. The zero-order valence-electron chi connectivity index (χ0n) is 43.7. The molecule has 8 rings (SSSR count). The van der Waals surface area contributed by atoms with E-state index in [0.29, 0.717) is 61.8 Å². The molecule has 28 heteroatoms. The molecule has 12 nitrogen and oxygen atoms in total. The molecular weight excluding hydrogens is 1140 g/mol. The summed E-state index contributed by atoms with van der Waals surface area (Å²) in [6.07, 6.45) is -28.6. The van der Waals surface area contributed by atoms with Crippen molar-refractivity contribution in [3.63, 3.8) is 0 Å². The van der Waals surface area contributed by atoms with E-state index in [2.05, 4.69) is 39.3 Å². The van der Waals surface area contributed by atoms with Crippen LogP contribution in [-0.4, -0.2) is 196 Å². The zero-order valence-corrected chi connectivity index (χ0v) is 45.2. The molecule has 2 spiro atoms. The van der Waals surface area contributed by atoms with Crippen LogP contribution in [0.15, 0.2) is 36.4 Å². The highest BCUT2D eigenvalue weighted by molar-refractivity contribution is 6.31. The van der Waals surface area contributed by atoms with E-state index in [-0.39, 0.29) is 58.0 Å². The Morgan fingerprint density at radius 1 is 0.550 bits per heavy atom. The fourth-order valence-corrected chi connectivity index (χ4v) is 11.7. The molecule has 456 valence electrons. The summed E-state index contributed by atoms with van der Waals surface area (Å²) in [5.74, 6) is 0. The Hall–Kier alpha value is -3.98.